The van der Waals surface area contributed by atoms with Gasteiger partial charge in [-0.2, -0.15) is 0 Å². The van der Waals surface area contributed by atoms with Gasteiger partial charge in [0.25, 0.3) is 0 Å². The summed E-state index contributed by atoms with van der Waals surface area (Å²) < 4.78 is 26.4. The molecule has 0 saturated heterocycles. The highest BCUT2D eigenvalue weighted by Gasteiger charge is 2.24. The maximum atomic E-state index is 13.5. The molecule has 2 unspecified atom stereocenters. The number of hydrogen-bond acceptors (Lipinski definition) is 2. The van der Waals surface area contributed by atoms with E-state index < -0.39 is 0 Å². The van der Waals surface area contributed by atoms with E-state index >= 15 is 0 Å². The van der Waals surface area contributed by atoms with Crippen LogP contribution in [0.4, 0.5) is 20.2 Å². The zero-order chi connectivity index (χ0) is 14.1. The molecule has 20 heavy (non-hydrogen) atoms. The molecule has 1 aliphatic heterocycles. The van der Waals surface area contributed by atoms with Gasteiger partial charge in [0.2, 0.25) is 0 Å². The van der Waals surface area contributed by atoms with E-state index in [1.165, 1.54) is 18.2 Å². The summed E-state index contributed by atoms with van der Waals surface area (Å²) >= 11 is 0. The van der Waals surface area contributed by atoms with Crippen LogP contribution in [-0.4, -0.2) is 6.04 Å². The molecular formula is C16H16F2N2. The summed E-state index contributed by atoms with van der Waals surface area (Å²) in [7, 11) is 0. The Hall–Kier alpha value is -2.10. The van der Waals surface area contributed by atoms with E-state index in [9.17, 15) is 8.78 Å². The second kappa shape index (κ2) is 5.12. The fourth-order valence-electron chi connectivity index (χ4n) is 2.64. The standard InChI is InChI=1S/C16H16F2N2/c1-10-8-16(20-13-5-2-11(17)3-6-13)14-9-12(18)4-7-15(14)19-10/h2-7,9-10,16,19-20H,8H2,1H3. The lowest BCUT2D eigenvalue weighted by molar-refractivity contribution is 0.583. The Kier molecular flexibility index (Phi) is 3.30. The highest BCUT2D eigenvalue weighted by molar-refractivity contribution is 5.58. The highest BCUT2D eigenvalue weighted by Crippen LogP contribution is 2.35. The molecule has 1 aliphatic rings. The Morgan fingerprint density at radius 2 is 1.75 bits per heavy atom. The van der Waals surface area contributed by atoms with E-state index in [1.54, 1.807) is 24.3 Å². The van der Waals surface area contributed by atoms with E-state index in [4.69, 9.17) is 0 Å². The summed E-state index contributed by atoms with van der Waals surface area (Å²) in [6.45, 7) is 2.09. The second-order valence-corrected chi connectivity index (χ2v) is 5.22. The SMILES string of the molecule is CC1CC(Nc2ccc(F)cc2)c2cc(F)ccc2N1. The van der Waals surface area contributed by atoms with Crippen molar-refractivity contribution in [1.29, 1.82) is 0 Å². The third kappa shape index (κ3) is 2.59. The molecule has 0 aliphatic carbocycles. The van der Waals surface area contributed by atoms with Crippen molar-refractivity contribution in [1.82, 2.24) is 0 Å². The molecule has 2 N–H and O–H groups in total. The van der Waals surface area contributed by atoms with Crippen LogP contribution in [-0.2, 0) is 0 Å². The lowest BCUT2D eigenvalue weighted by Crippen LogP contribution is -2.29. The molecule has 1 heterocycles. The van der Waals surface area contributed by atoms with Crippen LogP contribution in [0, 0.1) is 11.6 Å². The molecule has 2 aromatic carbocycles. The first-order chi connectivity index (χ1) is 9.61. The van der Waals surface area contributed by atoms with E-state index in [0.29, 0.717) is 6.04 Å². The lowest BCUT2D eigenvalue weighted by Gasteiger charge is -2.32. The largest absolute Gasteiger partial charge is 0.382 e. The highest BCUT2D eigenvalue weighted by atomic mass is 19.1. The maximum Gasteiger partial charge on any atom is 0.123 e. The fraction of sp³-hybridized carbons (Fsp3) is 0.250. The summed E-state index contributed by atoms with van der Waals surface area (Å²) in [6.07, 6.45) is 0.841. The monoisotopic (exact) mass is 274 g/mol. The minimum absolute atomic E-state index is 0.0161. The molecule has 0 amide bonds. The summed E-state index contributed by atoms with van der Waals surface area (Å²) in [5, 5.41) is 6.69. The van der Waals surface area contributed by atoms with Gasteiger partial charge in [0.05, 0.1) is 6.04 Å². The second-order valence-electron chi connectivity index (χ2n) is 5.22. The topological polar surface area (TPSA) is 24.1 Å². The first-order valence-corrected chi connectivity index (χ1v) is 6.70. The normalized spacial score (nSPS) is 20.9. The fourth-order valence-corrected chi connectivity index (χ4v) is 2.64. The summed E-state index contributed by atoms with van der Waals surface area (Å²) in [4.78, 5) is 0. The first kappa shape index (κ1) is 12.9. The number of fused-ring (bicyclic) bond motifs is 1. The molecule has 2 atom stereocenters. The minimum atomic E-state index is -0.263. The van der Waals surface area contributed by atoms with Gasteiger partial charge in [0.1, 0.15) is 11.6 Å². The average molecular weight is 274 g/mol. The molecule has 3 rings (SSSR count). The number of rotatable bonds is 2. The predicted molar refractivity (Wildman–Crippen MR) is 76.9 cm³/mol. The van der Waals surface area contributed by atoms with Gasteiger partial charge in [-0.25, -0.2) is 8.78 Å². The van der Waals surface area contributed by atoms with Crippen molar-refractivity contribution < 1.29 is 8.78 Å². The number of benzene rings is 2. The van der Waals surface area contributed by atoms with Crippen molar-refractivity contribution in [2.24, 2.45) is 0 Å². The Labute approximate surface area is 116 Å². The smallest absolute Gasteiger partial charge is 0.123 e. The summed E-state index contributed by atoms with van der Waals surface area (Å²) in [5.41, 5.74) is 2.69. The summed E-state index contributed by atoms with van der Waals surface area (Å²) in [5.74, 6) is -0.508. The Morgan fingerprint density at radius 1 is 1.05 bits per heavy atom. The van der Waals surface area contributed by atoms with Crippen LogP contribution < -0.4 is 10.6 Å². The van der Waals surface area contributed by atoms with E-state index in [-0.39, 0.29) is 17.7 Å². The summed E-state index contributed by atoms with van der Waals surface area (Å²) in [6, 6.07) is 11.3. The van der Waals surface area contributed by atoms with Crippen LogP contribution >= 0.6 is 0 Å². The van der Waals surface area contributed by atoms with Crippen molar-refractivity contribution >= 4 is 11.4 Å². The number of halogens is 2. The molecular weight excluding hydrogens is 258 g/mol. The van der Waals surface area contributed by atoms with Gasteiger partial charge >= 0.3 is 0 Å². The van der Waals surface area contributed by atoms with Crippen LogP contribution in [0.1, 0.15) is 24.9 Å². The van der Waals surface area contributed by atoms with Crippen molar-refractivity contribution in [3.8, 4) is 0 Å². The van der Waals surface area contributed by atoms with Gasteiger partial charge in [-0.3, -0.25) is 0 Å². The Bertz CT molecular complexity index is 610. The third-order valence-corrected chi connectivity index (χ3v) is 3.57. The quantitative estimate of drug-likeness (QED) is 0.852. The van der Waals surface area contributed by atoms with Crippen LogP contribution in [0.25, 0.3) is 0 Å². The third-order valence-electron chi connectivity index (χ3n) is 3.57. The molecule has 0 bridgehead atoms. The Morgan fingerprint density at radius 3 is 2.50 bits per heavy atom. The van der Waals surface area contributed by atoms with Crippen molar-refractivity contribution in [3.05, 3.63) is 59.7 Å². The molecule has 0 saturated carbocycles. The number of nitrogens with one attached hydrogen (secondary N) is 2. The van der Waals surface area contributed by atoms with Gasteiger partial charge in [-0.1, -0.05) is 0 Å². The Balaban J connectivity index is 1.90. The van der Waals surface area contributed by atoms with Gasteiger partial charge in [0.15, 0.2) is 0 Å². The van der Waals surface area contributed by atoms with Crippen molar-refractivity contribution in [2.45, 2.75) is 25.4 Å². The van der Waals surface area contributed by atoms with E-state index in [1.807, 2.05) is 0 Å². The molecule has 0 radical (unpaired) electrons. The molecule has 2 aromatic rings. The van der Waals surface area contributed by atoms with Gasteiger partial charge in [-0.05, 0) is 55.8 Å². The average Bonchev–Trinajstić information content (AvgIpc) is 2.42. The molecule has 0 spiro atoms. The van der Waals surface area contributed by atoms with Crippen LogP contribution in [0.3, 0.4) is 0 Å². The van der Waals surface area contributed by atoms with Crippen LogP contribution in [0.5, 0.6) is 0 Å². The lowest BCUT2D eigenvalue weighted by atomic mass is 9.93. The van der Waals surface area contributed by atoms with Gasteiger partial charge in [0, 0.05) is 23.0 Å². The van der Waals surface area contributed by atoms with E-state index in [0.717, 1.165) is 23.4 Å². The molecule has 104 valence electrons. The maximum absolute atomic E-state index is 13.5. The predicted octanol–water partition coefficient (Wildman–Crippen LogP) is 4.32. The zero-order valence-corrected chi connectivity index (χ0v) is 11.2. The molecule has 2 nitrogen and oxygen atoms in total. The molecule has 4 heteroatoms. The molecule has 0 aromatic heterocycles. The van der Waals surface area contributed by atoms with Crippen molar-refractivity contribution in [3.63, 3.8) is 0 Å². The minimum Gasteiger partial charge on any atom is -0.382 e. The van der Waals surface area contributed by atoms with Crippen molar-refractivity contribution in [2.75, 3.05) is 10.6 Å². The van der Waals surface area contributed by atoms with Gasteiger partial charge < -0.3 is 10.6 Å². The van der Waals surface area contributed by atoms with E-state index in [2.05, 4.69) is 17.6 Å². The zero-order valence-electron chi connectivity index (χ0n) is 11.2. The first-order valence-electron chi connectivity index (χ1n) is 6.70. The van der Waals surface area contributed by atoms with Crippen LogP contribution in [0.15, 0.2) is 42.5 Å². The number of hydrogen-bond donors (Lipinski definition) is 2. The number of anilines is 2. The molecule has 0 fully saturated rings. The van der Waals surface area contributed by atoms with Gasteiger partial charge in [-0.15, -0.1) is 0 Å². The van der Waals surface area contributed by atoms with Crippen LogP contribution in [0.2, 0.25) is 0 Å².